The van der Waals surface area contributed by atoms with Crippen molar-refractivity contribution >= 4 is 39.0 Å². The van der Waals surface area contributed by atoms with Gasteiger partial charge in [-0.15, -0.1) is 11.3 Å². The maximum atomic E-state index is 6.58. The summed E-state index contributed by atoms with van der Waals surface area (Å²) in [6.45, 7) is 4.09. The molecule has 1 aliphatic carbocycles. The van der Waals surface area contributed by atoms with Gasteiger partial charge in [-0.05, 0) is 42.9 Å². The van der Waals surface area contributed by atoms with Crippen LogP contribution in [0.25, 0.3) is 10.2 Å². The third-order valence-electron chi connectivity index (χ3n) is 5.96. The number of thiophene rings is 1. The SMILES string of the molecule is Clc1ccccc1C(CNc1ncnc2sc3c(c12)CCCC3)N1CCOCC1. The first-order chi connectivity index (χ1) is 14.3. The normalized spacial score (nSPS) is 18.5. The number of halogens is 1. The predicted molar refractivity (Wildman–Crippen MR) is 119 cm³/mol. The lowest BCUT2D eigenvalue weighted by molar-refractivity contribution is 0.0187. The van der Waals surface area contributed by atoms with Crippen molar-refractivity contribution in [2.75, 3.05) is 38.2 Å². The summed E-state index contributed by atoms with van der Waals surface area (Å²) in [5.74, 6) is 0.958. The van der Waals surface area contributed by atoms with Crippen LogP contribution in [0.2, 0.25) is 5.02 Å². The minimum Gasteiger partial charge on any atom is -0.379 e. The number of hydrogen-bond donors (Lipinski definition) is 1. The van der Waals surface area contributed by atoms with Gasteiger partial charge >= 0.3 is 0 Å². The highest BCUT2D eigenvalue weighted by atomic mass is 35.5. The van der Waals surface area contributed by atoms with E-state index >= 15 is 0 Å². The van der Waals surface area contributed by atoms with Crippen molar-refractivity contribution in [2.24, 2.45) is 0 Å². The van der Waals surface area contributed by atoms with Gasteiger partial charge in [0.05, 0.1) is 24.6 Å². The maximum absolute atomic E-state index is 6.58. The van der Waals surface area contributed by atoms with E-state index in [0.29, 0.717) is 0 Å². The fraction of sp³-hybridized carbons (Fsp3) is 0.455. The summed E-state index contributed by atoms with van der Waals surface area (Å²) in [7, 11) is 0. The number of benzene rings is 1. The van der Waals surface area contributed by atoms with Crippen molar-refractivity contribution in [1.82, 2.24) is 14.9 Å². The van der Waals surface area contributed by atoms with Crippen LogP contribution in [0, 0.1) is 0 Å². The molecule has 0 saturated carbocycles. The van der Waals surface area contributed by atoms with Gasteiger partial charge in [-0.25, -0.2) is 9.97 Å². The zero-order valence-electron chi connectivity index (χ0n) is 16.4. The Morgan fingerprint density at radius 2 is 1.97 bits per heavy atom. The van der Waals surface area contributed by atoms with Gasteiger partial charge in [-0.1, -0.05) is 29.8 Å². The Balaban J connectivity index is 1.46. The molecule has 0 bridgehead atoms. The van der Waals surface area contributed by atoms with Gasteiger partial charge in [0.1, 0.15) is 17.0 Å². The fourth-order valence-corrected chi connectivity index (χ4v) is 5.98. The number of aromatic nitrogens is 2. The quantitative estimate of drug-likeness (QED) is 0.637. The molecule has 1 saturated heterocycles. The molecule has 0 radical (unpaired) electrons. The van der Waals surface area contributed by atoms with Crippen LogP contribution in [0.15, 0.2) is 30.6 Å². The molecule has 1 N–H and O–H groups in total. The van der Waals surface area contributed by atoms with E-state index in [1.165, 1.54) is 35.1 Å². The largest absolute Gasteiger partial charge is 0.379 e. The van der Waals surface area contributed by atoms with Crippen LogP contribution in [0.3, 0.4) is 0 Å². The summed E-state index contributed by atoms with van der Waals surface area (Å²) in [6.07, 6.45) is 6.53. The van der Waals surface area contributed by atoms with E-state index < -0.39 is 0 Å². The summed E-state index contributed by atoms with van der Waals surface area (Å²) in [6, 6.07) is 8.33. The zero-order chi connectivity index (χ0) is 19.6. The standard InChI is InChI=1S/C22H25ClN4OS/c23-17-7-3-1-5-15(17)18(27-9-11-28-12-10-27)13-24-21-20-16-6-2-4-8-19(16)29-22(20)26-14-25-21/h1,3,5,7,14,18H,2,4,6,8-13H2,(H,24,25,26). The topological polar surface area (TPSA) is 50.3 Å². The molecule has 1 aliphatic heterocycles. The second kappa shape index (κ2) is 8.56. The second-order valence-electron chi connectivity index (χ2n) is 7.68. The summed E-state index contributed by atoms with van der Waals surface area (Å²) in [5.41, 5.74) is 2.61. The number of morpholine rings is 1. The average molecular weight is 429 g/mol. The van der Waals surface area contributed by atoms with Crippen molar-refractivity contribution in [3.8, 4) is 0 Å². The molecule has 2 aromatic heterocycles. The van der Waals surface area contributed by atoms with Gasteiger partial charge in [0.15, 0.2) is 0 Å². The van der Waals surface area contributed by atoms with Crippen molar-refractivity contribution in [3.63, 3.8) is 0 Å². The van der Waals surface area contributed by atoms with E-state index in [1.54, 1.807) is 6.33 Å². The highest BCUT2D eigenvalue weighted by molar-refractivity contribution is 7.19. The van der Waals surface area contributed by atoms with Crippen molar-refractivity contribution in [1.29, 1.82) is 0 Å². The van der Waals surface area contributed by atoms with E-state index in [-0.39, 0.29) is 6.04 Å². The van der Waals surface area contributed by atoms with Crippen LogP contribution in [-0.4, -0.2) is 47.7 Å². The van der Waals surface area contributed by atoms with Crippen molar-refractivity contribution < 1.29 is 4.74 Å². The molecule has 7 heteroatoms. The van der Waals surface area contributed by atoms with Gasteiger partial charge in [0.2, 0.25) is 0 Å². The van der Waals surface area contributed by atoms with Crippen LogP contribution < -0.4 is 5.32 Å². The van der Waals surface area contributed by atoms with E-state index in [2.05, 4.69) is 32.3 Å². The third kappa shape index (κ3) is 3.87. The van der Waals surface area contributed by atoms with Crippen LogP contribution in [0.1, 0.15) is 34.9 Å². The van der Waals surface area contributed by atoms with Gasteiger partial charge in [-0.2, -0.15) is 0 Å². The van der Waals surface area contributed by atoms with E-state index in [9.17, 15) is 0 Å². The molecule has 3 heterocycles. The minimum atomic E-state index is 0.173. The Hall–Kier alpha value is -1.73. The Kier molecular flexibility index (Phi) is 5.68. The molecule has 5 nitrogen and oxygen atoms in total. The molecular formula is C22H25ClN4OS. The molecule has 1 unspecified atom stereocenters. The van der Waals surface area contributed by atoms with E-state index in [4.69, 9.17) is 16.3 Å². The molecular weight excluding hydrogens is 404 g/mol. The highest BCUT2D eigenvalue weighted by Crippen LogP contribution is 2.38. The smallest absolute Gasteiger partial charge is 0.138 e. The first-order valence-electron chi connectivity index (χ1n) is 10.4. The molecule has 1 fully saturated rings. The summed E-state index contributed by atoms with van der Waals surface area (Å²) >= 11 is 8.42. The van der Waals surface area contributed by atoms with Gasteiger partial charge in [0, 0.05) is 29.5 Å². The molecule has 3 aromatic rings. The number of ether oxygens (including phenoxy) is 1. The molecule has 1 atom stereocenters. The van der Waals surface area contributed by atoms with Crippen LogP contribution in [0.5, 0.6) is 0 Å². The minimum absolute atomic E-state index is 0.173. The lowest BCUT2D eigenvalue weighted by Gasteiger charge is -2.35. The number of aryl methyl sites for hydroxylation is 2. The molecule has 29 heavy (non-hydrogen) atoms. The first kappa shape index (κ1) is 19.2. The number of nitrogens with zero attached hydrogens (tertiary/aromatic N) is 3. The third-order valence-corrected chi connectivity index (χ3v) is 7.51. The monoisotopic (exact) mass is 428 g/mol. The second-order valence-corrected chi connectivity index (χ2v) is 9.17. The number of rotatable bonds is 5. The van der Waals surface area contributed by atoms with Crippen molar-refractivity contribution in [2.45, 2.75) is 31.7 Å². The summed E-state index contributed by atoms with van der Waals surface area (Å²) < 4.78 is 5.57. The number of nitrogens with one attached hydrogen (secondary N) is 1. The molecule has 0 spiro atoms. The predicted octanol–water partition coefficient (Wildman–Crippen LogP) is 4.71. The zero-order valence-corrected chi connectivity index (χ0v) is 17.9. The Morgan fingerprint density at radius 3 is 2.83 bits per heavy atom. The van der Waals surface area contributed by atoms with Crippen LogP contribution in [0.4, 0.5) is 5.82 Å². The van der Waals surface area contributed by atoms with Gasteiger partial charge in [-0.3, -0.25) is 4.90 Å². The molecule has 152 valence electrons. The van der Waals surface area contributed by atoms with Crippen LogP contribution in [-0.2, 0) is 17.6 Å². The first-order valence-corrected chi connectivity index (χ1v) is 11.6. The van der Waals surface area contributed by atoms with Crippen molar-refractivity contribution in [3.05, 3.63) is 51.6 Å². The van der Waals surface area contributed by atoms with Gasteiger partial charge in [0.25, 0.3) is 0 Å². The Bertz CT molecular complexity index is 1000. The number of fused-ring (bicyclic) bond motifs is 3. The molecule has 0 amide bonds. The Morgan fingerprint density at radius 1 is 1.14 bits per heavy atom. The maximum Gasteiger partial charge on any atom is 0.138 e. The molecule has 1 aromatic carbocycles. The summed E-state index contributed by atoms with van der Waals surface area (Å²) in [4.78, 5) is 14.2. The molecule has 5 rings (SSSR count). The average Bonchev–Trinajstić information content (AvgIpc) is 3.15. The van der Waals surface area contributed by atoms with Crippen LogP contribution >= 0.6 is 22.9 Å². The summed E-state index contributed by atoms with van der Waals surface area (Å²) in [5, 5.41) is 5.70. The van der Waals surface area contributed by atoms with E-state index in [0.717, 1.165) is 60.5 Å². The fourth-order valence-electron chi connectivity index (χ4n) is 4.49. The number of anilines is 1. The highest BCUT2D eigenvalue weighted by Gasteiger charge is 2.25. The lowest BCUT2D eigenvalue weighted by atomic mass is 9.97. The Labute approximate surface area is 180 Å². The molecule has 2 aliphatic rings. The van der Waals surface area contributed by atoms with Gasteiger partial charge < -0.3 is 10.1 Å². The lowest BCUT2D eigenvalue weighted by Crippen LogP contribution is -2.41. The van der Waals surface area contributed by atoms with E-state index in [1.807, 2.05) is 23.5 Å². The number of hydrogen-bond acceptors (Lipinski definition) is 6.